The Hall–Kier alpha value is -1.53. The zero-order valence-electron chi connectivity index (χ0n) is 14.4. The van der Waals surface area contributed by atoms with Gasteiger partial charge in [0.25, 0.3) is 0 Å². The van der Waals surface area contributed by atoms with Crippen LogP contribution in [0, 0.1) is 0 Å². The minimum Gasteiger partial charge on any atom is -0.746 e. The molecule has 11 heteroatoms. The molecule has 0 bridgehead atoms. The Morgan fingerprint density at radius 2 is 1.81 bits per heavy atom. The number of nitrogens with zero attached hydrogens (tertiary/aromatic N) is 1. The minimum absolute atomic E-state index is 0. The van der Waals surface area contributed by atoms with Gasteiger partial charge in [0.1, 0.15) is 34.1 Å². The van der Waals surface area contributed by atoms with E-state index in [-0.39, 0.29) is 53.8 Å². The maximum atomic E-state index is 10.9. The Kier molecular flexibility index (Phi) is 8.82. The van der Waals surface area contributed by atoms with Crippen molar-refractivity contribution in [1.82, 2.24) is 0 Å². The zero-order chi connectivity index (χ0) is 19.3. The van der Waals surface area contributed by atoms with E-state index >= 15 is 0 Å². The molecule has 0 aliphatic rings. The molecule has 141 valence electrons. The number of aliphatic hydroxyl groups is 2. The molecule has 0 saturated heterocycles. The van der Waals surface area contributed by atoms with Gasteiger partial charge in [-0.3, -0.25) is 0 Å². The number of ether oxygens (including phenoxy) is 1. The van der Waals surface area contributed by atoms with Gasteiger partial charge in [0.2, 0.25) is 0 Å². The molecule has 0 aliphatic carbocycles. The van der Waals surface area contributed by atoms with Crippen LogP contribution in [0.15, 0.2) is 48.8 Å². The molecule has 0 aliphatic heterocycles. The molecule has 2 atom stereocenters. The number of carboxylic acid groups (broad SMARTS) is 1. The van der Waals surface area contributed by atoms with E-state index < -0.39 is 27.6 Å². The van der Waals surface area contributed by atoms with Crippen LogP contribution in [-0.2, 0) is 16.7 Å². The summed E-state index contributed by atoms with van der Waals surface area (Å²) in [5.74, 6) is -0.778. The van der Waals surface area contributed by atoms with Crippen LogP contribution < -0.4 is 9.30 Å². The smallest absolute Gasteiger partial charge is 0.341 e. The number of benzene rings is 1. The predicted molar refractivity (Wildman–Crippen MR) is 92.0 cm³/mol. The number of carbonyl (C=O) groups is 1. The zero-order valence-corrected chi connectivity index (χ0v) is 17.2. The summed E-state index contributed by atoms with van der Waals surface area (Å²) in [5, 5.41) is 28.3. The fraction of sp³-hybridized carbons (Fsp3) is 0.250. The molecular weight excluding hydrogens is 389 g/mol. The van der Waals surface area contributed by atoms with Gasteiger partial charge in [-0.05, 0) is 23.8 Å². The van der Waals surface area contributed by atoms with Gasteiger partial charge in [-0.15, -0.1) is 0 Å². The Morgan fingerprint density at radius 1 is 1.19 bits per heavy atom. The molecule has 0 amide bonds. The van der Waals surface area contributed by atoms with Gasteiger partial charge in [-0.25, -0.2) is 17.8 Å². The summed E-state index contributed by atoms with van der Waals surface area (Å²) in [6.07, 6.45) is 2.05. The van der Waals surface area contributed by atoms with Gasteiger partial charge >= 0.3 is 5.97 Å². The van der Waals surface area contributed by atoms with Crippen LogP contribution in [-0.4, -0.2) is 76.5 Å². The van der Waals surface area contributed by atoms with Gasteiger partial charge in [0, 0.05) is 35.6 Å². The summed E-state index contributed by atoms with van der Waals surface area (Å²) in [6.45, 7) is -0.00159. The molecule has 0 saturated carbocycles. The van der Waals surface area contributed by atoms with Crippen LogP contribution in [0.2, 0.25) is 0 Å². The first-order valence-electron chi connectivity index (χ1n) is 7.43. The molecule has 9 nitrogen and oxygen atoms in total. The minimum atomic E-state index is -4.86. The Labute approximate surface area is 177 Å². The summed E-state index contributed by atoms with van der Waals surface area (Å²) in [6, 6.07) is 8.15. The molecule has 1 heterocycles. The van der Waals surface area contributed by atoms with Gasteiger partial charge in [-0.2, -0.15) is 0 Å². The van der Waals surface area contributed by atoms with E-state index in [1.54, 1.807) is 12.3 Å². The molecule has 3 N–H and O–H groups in total. The number of aromatic nitrogens is 1. The number of carboxylic acids is 1. The number of aromatic carboxylic acids is 1. The third kappa shape index (κ3) is 7.18. The third-order valence-electron chi connectivity index (χ3n) is 3.41. The molecule has 2 rings (SSSR count). The summed E-state index contributed by atoms with van der Waals surface area (Å²) in [5.41, 5.74) is -2.16. The molecule has 2 aromatic rings. The van der Waals surface area contributed by atoms with Crippen molar-refractivity contribution in [2.24, 2.45) is 0 Å². The quantitative estimate of drug-likeness (QED) is 0.295. The molecule has 2 unspecified atom stereocenters. The van der Waals surface area contributed by atoms with Crippen LogP contribution in [0.4, 0.5) is 0 Å². The van der Waals surface area contributed by atoms with E-state index in [4.69, 9.17) is 9.84 Å². The number of hydrogen-bond donors (Lipinski definition) is 3. The van der Waals surface area contributed by atoms with E-state index in [0.29, 0.717) is 5.75 Å². The van der Waals surface area contributed by atoms with E-state index in [1.165, 1.54) is 41.1 Å². The van der Waals surface area contributed by atoms with Crippen molar-refractivity contribution in [1.29, 1.82) is 0 Å². The molecule has 27 heavy (non-hydrogen) atoms. The summed E-state index contributed by atoms with van der Waals surface area (Å²) in [4.78, 5) is 10.9. The Balaban J connectivity index is 0.00000364. The second kappa shape index (κ2) is 10.1. The fourth-order valence-electron chi connectivity index (χ4n) is 2.15. The average molecular weight is 406 g/mol. The monoisotopic (exact) mass is 406 g/mol. The van der Waals surface area contributed by atoms with Crippen molar-refractivity contribution < 1.29 is 42.4 Å². The number of aliphatic hydroxyl groups excluding tert-OH is 2. The van der Waals surface area contributed by atoms with E-state index in [1.807, 2.05) is 0 Å². The average Bonchev–Trinajstić information content (AvgIpc) is 2.59. The summed E-state index contributed by atoms with van der Waals surface area (Å²) in [7, 11) is -4.86. The Bertz CT molecular complexity index is 872. The summed E-state index contributed by atoms with van der Waals surface area (Å²) < 4.78 is 39.1. The van der Waals surface area contributed by atoms with Crippen molar-refractivity contribution >= 4 is 45.6 Å². The first-order valence-corrected chi connectivity index (χ1v) is 8.90. The van der Waals surface area contributed by atoms with Crippen molar-refractivity contribution in [3.8, 4) is 5.75 Å². The van der Waals surface area contributed by atoms with E-state index in [9.17, 15) is 28.0 Å². The van der Waals surface area contributed by atoms with E-state index in [0.717, 1.165) is 0 Å². The van der Waals surface area contributed by atoms with Gasteiger partial charge < -0.3 is 24.6 Å². The second-order valence-corrected chi connectivity index (χ2v) is 6.91. The van der Waals surface area contributed by atoms with Crippen molar-refractivity contribution in [2.45, 2.75) is 18.1 Å². The van der Waals surface area contributed by atoms with E-state index in [2.05, 4.69) is 0 Å². The van der Waals surface area contributed by atoms with Crippen LogP contribution >= 0.6 is 0 Å². The topological polar surface area (TPSA) is 148 Å². The van der Waals surface area contributed by atoms with Crippen molar-refractivity contribution in [2.75, 3.05) is 6.61 Å². The SMILES string of the molecule is O=C(O)c1ccc[n+](CC(O)COc2ccc(C(O)S(=O)(=O)[O-])cc2)c1.[Na]. The normalized spacial score (nSPS) is 13.3. The molecule has 0 fully saturated rings. The molecule has 1 aromatic heterocycles. The Morgan fingerprint density at radius 3 is 2.37 bits per heavy atom. The fourth-order valence-corrected chi connectivity index (χ4v) is 2.64. The number of hydrogen-bond acceptors (Lipinski definition) is 7. The second-order valence-electron chi connectivity index (χ2n) is 5.47. The van der Waals surface area contributed by atoms with Gasteiger partial charge in [-0.1, -0.05) is 12.1 Å². The third-order valence-corrected chi connectivity index (χ3v) is 4.23. The molecule has 0 spiro atoms. The molecule has 1 radical (unpaired) electrons. The molecular formula is C16H17NNaO8S. The number of rotatable bonds is 8. The van der Waals surface area contributed by atoms with Crippen molar-refractivity contribution in [3.05, 3.63) is 59.9 Å². The van der Waals surface area contributed by atoms with Crippen LogP contribution in [0.1, 0.15) is 21.4 Å². The largest absolute Gasteiger partial charge is 0.746 e. The van der Waals surface area contributed by atoms with Crippen molar-refractivity contribution in [3.63, 3.8) is 0 Å². The first kappa shape index (κ1) is 23.5. The predicted octanol–water partition coefficient (Wildman–Crippen LogP) is -0.733. The maximum Gasteiger partial charge on any atom is 0.341 e. The number of pyridine rings is 1. The standard InChI is InChI=1S/C16H17NO8S.Na/c18-13(9-17-7-1-2-12(8-17)15(19)20)10-25-14-5-3-11(4-6-14)16(21)26(22,23)24;/h1-8,13,16,18,21H,9-10H2,(H-,19,20,22,23,24);. The van der Waals surface area contributed by atoms with Crippen LogP contribution in [0.5, 0.6) is 5.75 Å². The van der Waals surface area contributed by atoms with Gasteiger partial charge in [0.15, 0.2) is 24.4 Å². The molecule has 1 aromatic carbocycles. The first-order chi connectivity index (χ1) is 12.2. The summed E-state index contributed by atoms with van der Waals surface area (Å²) >= 11 is 0. The van der Waals surface area contributed by atoms with Gasteiger partial charge in [0.05, 0.1) is 0 Å². The van der Waals surface area contributed by atoms with Crippen LogP contribution in [0.25, 0.3) is 0 Å². The van der Waals surface area contributed by atoms with Crippen LogP contribution in [0.3, 0.4) is 0 Å². The maximum absolute atomic E-state index is 10.9.